The lowest BCUT2D eigenvalue weighted by molar-refractivity contribution is 0.00344. The zero-order valence-electron chi connectivity index (χ0n) is 13.4. The smallest absolute Gasteiger partial charge is 0.254 e. The summed E-state index contributed by atoms with van der Waals surface area (Å²) < 4.78 is 30.8. The van der Waals surface area contributed by atoms with E-state index in [1.165, 1.54) is 21.9 Å². The molecule has 0 saturated carbocycles. The maximum absolute atomic E-state index is 12.6. The van der Waals surface area contributed by atoms with Crippen molar-refractivity contribution in [1.29, 1.82) is 0 Å². The van der Waals surface area contributed by atoms with E-state index in [1.54, 1.807) is 7.11 Å². The van der Waals surface area contributed by atoms with Crippen LogP contribution in [0.2, 0.25) is 0 Å². The summed E-state index contributed by atoms with van der Waals surface area (Å²) in [6.45, 7) is 2.72. The summed E-state index contributed by atoms with van der Waals surface area (Å²) in [7, 11) is -1.57. The molecule has 8 heteroatoms. The van der Waals surface area contributed by atoms with Gasteiger partial charge in [0, 0.05) is 44.1 Å². The van der Waals surface area contributed by atoms with Crippen LogP contribution in [0.4, 0.5) is 0 Å². The Hall–Kier alpha value is -0.960. The van der Waals surface area contributed by atoms with Crippen molar-refractivity contribution < 1.29 is 17.9 Å². The van der Waals surface area contributed by atoms with Crippen molar-refractivity contribution in [3.05, 3.63) is 22.4 Å². The van der Waals surface area contributed by atoms with Gasteiger partial charge < -0.3 is 9.64 Å². The molecule has 1 amide bonds. The van der Waals surface area contributed by atoms with Gasteiger partial charge in [-0.3, -0.25) is 4.79 Å². The van der Waals surface area contributed by atoms with Gasteiger partial charge >= 0.3 is 0 Å². The van der Waals surface area contributed by atoms with E-state index >= 15 is 0 Å². The van der Waals surface area contributed by atoms with E-state index in [0.717, 1.165) is 6.42 Å². The molecular formula is C15H22N2O4S2. The third-order valence-corrected chi connectivity index (χ3v) is 6.96. The van der Waals surface area contributed by atoms with Crippen LogP contribution in [0.15, 0.2) is 16.8 Å². The molecule has 1 aromatic rings. The van der Waals surface area contributed by atoms with Crippen molar-refractivity contribution in [3.63, 3.8) is 0 Å². The van der Waals surface area contributed by atoms with E-state index in [2.05, 4.69) is 0 Å². The lowest BCUT2D eigenvalue weighted by atomic mass is 9.73. The number of ether oxygens (including phenoxy) is 1. The van der Waals surface area contributed by atoms with Gasteiger partial charge in [-0.05, 0) is 23.8 Å². The maximum atomic E-state index is 12.6. The quantitative estimate of drug-likeness (QED) is 0.809. The molecule has 0 radical (unpaired) electrons. The number of fused-ring (bicyclic) bond motifs is 1. The first-order chi connectivity index (χ1) is 10.9. The Kier molecular flexibility index (Phi) is 4.52. The molecule has 2 aliphatic rings. The molecule has 2 fully saturated rings. The molecular weight excluding hydrogens is 336 g/mol. The van der Waals surface area contributed by atoms with Crippen molar-refractivity contribution in [3.8, 4) is 0 Å². The van der Waals surface area contributed by atoms with Gasteiger partial charge in [-0.2, -0.15) is 11.3 Å². The molecule has 0 spiro atoms. The van der Waals surface area contributed by atoms with E-state index in [4.69, 9.17) is 4.74 Å². The fraction of sp³-hybridized carbons (Fsp3) is 0.667. The van der Waals surface area contributed by atoms with E-state index in [-0.39, 0.29) is 17.2 Å². The summed E-state index contributed by atoms with van der Waals surface area (Å²) in [4.78, 5) is 14.4. The minimum absolute atomic E-state index is 0.0371. The highest BCUT2D eigenvalue weighted by atomic mass is 32.2. The summed E-state index contributed by atoms with van der Waals surface area (Å²) in [5.74, 6) is 0.156. The Morgan fingerprint density at radius 3 is 2.87 bits per heavy atom. The first kappa shape index (κ1) is 16.9. The Bertz CT molecular complexity index is 674. The van der Waals surface area contributed by atoms with Gasteiger partial charge in [0.05, 0.1) is 18.4 Å². The van der Waals surface area contributed by atoms with Crippen LogP contribution in [0.3, 0.4) is 0 Å². The first-order valence-electron chi connectivity index (χ1n) is 7.61. The van der Waals surface area contributed by atoms with Crippen LogP contribution in [-0.4, -0.2) is 69.7 Å². The van der Waals surface area contributed by atoms with E-state index in [1.807, 2.05) is 21.7 Å². The number of carbonyl (C=O) groups is 1. The van der Waals surface area contributed by atoms with Gasteiger partial charge in [-0.1, -0.05) is 0 Å². The molecule has 2 aliphatic heterocycles. The molecule has 1 aromatic heterocycles. The molecule has 0 aliphatic carbocycles. The van der Waals surface area contributed by atoms with Crippen LogP contribution in [0.1, 0.15) is 16.8 Å². The largest absolute Gasteiger partial charge is 0.384 e. The average Bonchev–Trinajstić information content (AvgIpc) is 3.13. The SMILES string of the molecule is COCC12CCN(C(=O)c3ccsc3)CC1CN(S(C)(=O)=O)C2. The van der Waals surface area contributed by atoms with Crippen molar-refractivity contribution in [2.24, 2.45) is 11.3 Å². The number of carbonyl (C=O) groups excluding carboxylic acids is 1. The second-order valence-corrected chi connectivity index (χ2v) is 9.32. The molecule has 3 heterocycles. The van der Waals surface area contributed by atoms with Crippen LogP contribution in [0.5, 0.6) is 0 Å². The maximum Gasteiger partial charge on any atom is 0.254 e. The molecule has 0 bridgehead atoms. The Labute approximate surface area is 141 Å². The highest BCUT2D eigenvalue weighted by Crippen LogP contribution is 2.44. The molecule has 2 atom stereocenters. The fourth-order valence-corrected chi connectivity index (χ4v) is 5.33. The van der Waals surface area contributed by atoms with Crippen molar-refractivity contribution in [2.75, 3.05) is 46.2 Å². The average molecular weight is 358 g/mol. The van der Waals surface area contributed by atoms with E-state index in [0.29, 0.717) is 38.3 Å². The Morgan fingerprint density at radius 1 is 1.48 bits per heavy atom. The molecule has 23 heavy (non-hydrogen) atoms. The van der Waals surface area contributed by atoms with E-state index < -0.39 is 10.0 Å². The second-order valence-electron chi connectivity index (χ2n) is 6.56. The predicted octanol–water partition coefficient (Wildman–Crippen LogP) is 1.12. The lowest BCUT2D eigenvalue weighted by Gasteiger charge is -2.43. The van der Waals surface area contributed by atoms with Gasteiger partial charge in [-0.15, -0.1) is 0 Å². The van der Waals surface area contributed by atoms with Gasteiger partial charge in [0.1, 0.15) is 0 Å². The van der Waals surface area contributed by atoms with Crippen LogP contribution in [-0.2, 0) is 14.8 Å². The van der Waals surface area contributed by atoms with Gasteiger partial charge in [0.25, 0.3) is 5.91 Å². The van der Waals surface area contributed by atoms with Gasteiger partial charge in [0.2, 0.25) is 10.0 Å². The van der Waals surface area contributed by atoms with E-state index in [9.17, 15) is 13.2 Å². The number of rotatable bonds is 4. The molecule has 128 valence electrons. The predicted molar refractivity (Wildman–Crippen MR) is 89.1 cm³/mol. The van der Waals surface area contributed by atoms with Crippen molar-refractivity contribution in [1.82, 2.24) is 9.21 Å². The van der Waals surface area contributed by atoms with Gasteiger partial charge in [-0.25, -0.2) is 12.7 Å². The van der Waals surface area contributed by atoms with Crippen molar-refractivity contribution in [2.45, 2.75) is 6.42 Å². The highest BCUT2D eigenvalue weighted by Gasteiger charge is 2.52. The molecule has 2 saturated heterocycles. The van der Waals surface area contributed by atoms with Crippen LogP contribution >= 0.6 is 11.3 Å². The third-order valence-electron chi connectivity index (χ3n) is 5.06. The second kappa shape index (κ2) is 6.16. The number of amides is 1. The number of hydrogen-bond donors (Lipinski definition) is 0. The number of nitrogens with zero attached hydrogens (tertiary/aromatic N) is 2. The fourth-order valence-electron chi connectivity index (χ4n) is 3.76. The molecule has 3 rings (SSSR count). The number of likely N-dealkylation sites (tertiary alicyclic amines) is 1. The minimum atomic E-state index is -3.22. The monoisotopic (exact) mass is 358 g/mol. The molecule has 0 aromatic carbocycles. The van der Waals surface area contributed by atoms with Crippen LogP contribution in [0, 0.1) is 11.3 Å². The first-order valence-corrected chi connectivity index (χ1v) is 10.4. The summed E-state index contributed by atoms with van der Waals surface area (Å²) in [6, 6.07) is 1.83. The zero-order chi connectivity index (χ0) is 16.7. The summed E-state index contributed by atoms with van der Waals surface area (Å²) in [5, 5.41) is 3.75. The third kappa shape index (κ3) is 3.17. The standard InChI is InChI=1S/C15H22N2O4S2/c1-21-11-15-4-5-16(14(18)12-3-6-22-9-12)7-13(15)8-17(10-15)23(2,19)20/h3,6,9,13H,4-5,7-8,10-11H2,1-2H3. The summed E-state index contributed by atoms with van der Waals surface area (Å²) >= 11 is 1.51. The zero-order valence-corrected chi connectivity index (χ0v) is 15.0. The number of piperidine rings is 1. The highest BCUT2D eigenvalue weighted by molar-refractivity contribution is 7.88. The van der Waals surface area contributed by atoms with Crippen LogP contribution < -0.4 is 0 Å². The molecule has 0 N–H and O–H groups in total. The number of methoxy groups -OCH3 is 1. The molecule has 6 nitrogen and oxygen atoms in total. The Balaban J connectivity index is 1.79. The number of thiophene rings is 1. The normalized spacial score (nSPS) is 28.8. The summed E-state index contributed by atoms with van der Waals surface area (Å²) in [5.41, 5.74) is 0.538. The Morgan fingerprint density at radius 2 is 2.26 bits per heavy atom. The lowest BCUT2D eigenvalue weighted by Crippen LogP contribution is -2.50. The topological polar surface area (TPSA) is 66.9 Å². The minimum Gasteiger partial charge on any atom is -0.384 e. The number of sulfonamides is 1. The van der Waals surface area contributed by atoms with Gasteiger partial charge in [0.15, 0.2) is 0 Å². The number of hydrogen-bond acceptors (Lipinski definition) is 5. The van der Waals surface area contributed by atoms with Crippen LogP contribution in [0.25, 0.3) is 0 Å². The van der Waals surface area contributed by atoms with Crippen molar-refractivity contribution >= 4 is 27.3 Å². The summed E-state index contributed by atoms with van der Waals surface area (Å²) in [6.07, 6.45) is 2.02. The molecule has 2 unspecified atom stereocenters.